The third kappa shape index (κ3) is 4.90. The lowest BCUT2D eigenvalue weighted by Gasteiger charge is -2.27. The maximum Gasteiger partial charge on any atom is 0.433 e. The monoisotopic (exact) mass is 367 g/mol. The summed E-state index contributed by atoms with van der Waals surface area (Å²) < 4.78 is 38.5. The number of hydrogen-bond donors (Lipinski definition) is 1. The molecule has 2 aromatic rings. The number of nitrogens with zero attached hydrogens (tertiary/aromatic N) is 4. The lowest BCUT2D eigenvalue weighted by atomic mass is 10.1. The Labute approximate surface area is 149 Å². The van der Waals surface area contributed by atoms with Crippen molar-refractivity contribution >= 4 is 6.03 Å². The molecule has 9 heteroatoms. The average Bonchev–Trinajstić information content (AvgIpc) is 2.60. The summed E-state index contributed by atoms with van der Waals surface area (Å²) >= 11 is 0. The zero-order valence-electron chi connectivity index (χ0n) is 14.7. The molecular formula is C17H20F3N5O. The molecule has 0 bridgehead atoms. The second kappa shape index (κ2) is 8.11. The zero-order valence-corrected chi connectivity index (χ0v) is 14.7. The van der Waals surface area contributed by atoms with Gasteiger partial charge in [0.05, 0.1) is 12.6 Å². The summed E-state index contributed by atoms with van der Waals surface area (Å²) in [6.07, 6.45) is -0.577. The van der Waals surface area contributed by atoms with Gasteiger partial charge in [0.15, 0.2) is 0 Å². The van der Waals surface area contributed by atoms with Gasteiger partial charge in [-0.05, 0) is 31.0 Å². The molecule has 26 heavy (non-hydrogen) atoms. The number of urea groups is 1. The Morgan fingerprint density at radius 1 is 1.35 bits per heavy atom. The number of halogens is 3. The predicted molar refractivity (Wildman–Crippen MR) is 89.0 cm³/mol. The summed E-state index contributed by atoms with van der Waals surface area (Å²) in [5, 5.41) is 2.56. The van der Waals surface area contributed by atoms with Gasteiger partial charge < -0.3 is 10.2 Å². The number of rotatable bonds is 5. The van der Waals surface area contributed by atoms with Gasteiger partial charge in [0.25, 0.3) is 0 Å². The molecule has 6 nitrogen and oxygen atoms in total. The van der Waals surface area contributed by atoms with Crippen LogP contribution in [0.2, 0.25) is 0 Å². The summed E-state index contributed by atoms with van der Waals surface area (Å²) in [5.41, 5.74) is 0.0370. The molecule has 2 heterocycles. The van der Waals surface area contributed by atoms with Gasteiger partial charge in [0.2, 0.25) is 0 Å². The first-order valence-corrected chi connectivity index (χ1v) is 8.04. The maximum absolute atomic E-state index is 12.8. The van der Waals surface area contributed by atoms with E-state index in [0.717, 1.165) is 11.6 Å². The molecule has 0 saturated heterocycles. The Morgan fingerprint density at radius 3 is 2.65 bits per heavy atom. The van der Waals surface area contributed by atoms with E-state index in [4.69, 9.17) is 0 Å². The Balaban J connectivity index is 2.07. The van der Waals surface area contributed by atoms with E-state index in [0.29, 0.717) is 6.42 Å². The molecule has 0 saturated carbocycles. The van der Waals surface area contributed by atoms with Crippen LogP contribution in [0.1, 0.15) is 42.2 Å². The zero-order chi connectivity index (χ0) is 19.3. The first-order valence-electron chi connectivity index (χ1n) is 8.04. The number of amides is 2. The Hall–Kier alpha value is -2.71. The third-order valence-corrected chi connectivity index (χ3v) is 3.83. The van der Waals surface area contributed by atoms with Gasteiger partial charge in [-0.25, -0.2) is 14.8 Å². The molecular weight excluding hydrogens is 347 g/mol. The largest absolute Gasteiger partial charge is 0.433 e. The van der Waals surface area contributed by atoms with Crippen molar-refractivity contribution in [1.82, 2.24) is 25.2 Å². The van der Waals surface area contributed by atoms with E-state index in [9.17, 15) is 18.0 Å². The molecule has 0 radical (unpaired) electrons. The van der Waals surface area contributed by atoms with E-state index in [2.05, 4.69) is 20.3 Å². The van der Waals surface area contributed by atoms with Crippen LogP contribution < -0.4 is 5.32 Å². The highest BCUT2D eigenvalue weighted by atomic mass is 19.4. The number of aromatic nitrogens is 3. The molecule has 0 spiro atoms. The number of alkyl halides is 3. The number of aryl methyl sites for hydroxylation is 1. The van der Waals surface area contributed by atoms with Crippen LogP contribution in [0.15, 0.2) is 30.6 Å². The Kier molecular flexibility index (Phi) is 6.12. The maximum atomic E-state index is 12.8. The van der Waals surface area contributed by atoms with Crippen molar-refractivity contribution in [2.75, 3.05) is 7.05 Å². The standard InChI is InChI=1S/C17H20F3N5O/c1-4-13(12-6-5-7-21-9-12)25(3)16(26)22-10-15-23-11(2)8-14(24-15)17(18,19)20/h5-9,13H,4,10H2,1-3H3,(H,22,26). The van der Waals surface area contributed by atoms with E-state index in [1.165, 1.54) is 11.8 Å². The molecule has 0 aliphatic carbocycles. The van der Waals surface area contributed by atoms with Crippen molar-refractivity contribution in [3.8, 4) is 0 Å². The van der Waals surface area contributed by atoms with Crippen molar-refractivity contribution in [3.63, 3.8) is 0 Å². The lowest BCUT2D eigenvalue weighted by Crippen LogP contribution is -2.39. The van der Waals surface area contributed by atoms with Gasteiger partial charge >= 0.3 is 12.2 Å². The molecule has 2 amide bonds. The predicted octanol–water partition coefficient (Wildman–Crippen LogP) is 3.49. The summed E-state index contributed by atoms with van der Waals surface area (Å²) in [5.74, 6) is -0.0894. The van der Waals surface area contributed by atoms with E-state index in [-0.39, 0.29) is 24.1 Å². The number of nitrogens with one attached hydrogen (secondary N) is 1. The van der Waals surface area contributed by atoms with E-state index in [1.807, 2.05) is 13.0 Å². The smallest absolute Gasteiger partial charge is 0.331 e. The fraction of sp³-hybridized carbons (Fsp3) is 0.412. The first-order chi connectivity index (χ1) is 12.2. The topological polar surface area (TPSA) is 71.0 Å². The second-order valence-corrected chi connectivity index (χ2v) is 5.79. The second-order valence-electron chi connectivity index (χ2n) is 5.79. The quantitative estimate of drug-likeness (QED) is 0.878. The third-order valence-electron chi connectivity index (χ3n) is 3.83. The van der Waals surface area contributed by atoms with E-state index >= 15 is 0 Å². The van der Waals surface area contributed by atoms with Gasteiger partial charge in [0.1, 0.15) is 11.5 Å². The highest BCUT2D eigenvalue weighted by Crippen LogP contribution is 2.27. The van der Waals surface area contributed by atoms with Crippen molar-refractivity contribution in [3.05, 3.63) is 53.4 Å². The van der Waals surface area contributed by atoms with Crippen LogP contribution in [0.5, 0.6) is 0 Å². The van der Waals surface area contributed by atoms with Crippen LogP contribution >= 0.6 is 0 Å². The molecule has 0 aliphatic heterocycles. The van der Waals surface area contributed by atoms with Crippen LogP contribution in [0.4, 0.5) is 18.0 Å². The average molecular weight is 367 g/mol. The molecule has 1 unspecified atom stereocenters. The summed E-state index contributed by atoms with van der Waals surface area (Å²) in [7, 11) is 1.62. The van der Waals surface area contributed by atoms with E-state index < -0.39 is 17.9 Å². The number of hydrogen-bond acceptors (Lipinski definition) is 4. The Bertz CT molecular complexity index is 752. The number of carbonyl (C=O) groups is 1. The number of pyridine rings is 1. The van der Waals surface area contributed by atoms with Gasteiger partial charge in [-0.15, -0.1) is 0 Å². The van der Waals surface area contributed by atoms with Crippen LogP contribution in [-0.4, -0.2) is 32.9 Å². The summed E-state index contributed by atoms with van der Waals surface area (Å²) in [4.78, 5) is 25.3. The van der Waals surface area contributed by atoms with Gasteiger partial charge in [-0.3, -0.25) is 4.98 Å². The first kappa shape index (κ1) is 19.6. The fourth-order valence-electron chi connectivity index (χ4n) is 2.58. The summed E-state index contributed by atoms with van der Waals surface area (Å²) in [6, 6.07) is 3.88. The Morgan fingerprint density at radius 2 is 2.08 bits per heavy atom. The van der Waals surface area contributed by atoms with Gasteiger partial charge in [-0.1, -0.05) is 13.0 Å². The number of carbonyl (C=O) groups excluding carboxylic acids is 1. The van der Waals surface area contributed by atoms with Crippen molar-refractivity contribution < 1.29 is 18.0 Å². The molecule has 1 atom stereocenters. The van der Waals surface area contributed by atoms with Crippen molar-refractivity contribution in [2.24, 2.45) is 0 Å². The molecule has 140 valence electrons. The van der Waals surface area contributed by atoms with Crippen LogP contribution in [0.25, 0.3) is 0 Å². The summed E-state index contributed by atoms with van der Waals surface area (Å²) in [6.45, 7) is 3.18. The van der Waals surface area contributed by atoms with E-state index in [1.54, 1.807) is 25.5 Å². The normalized spacial score (nSPS) is 12.5. The minimum absolute atomic E-state index is 0.0894. The minimum Gasteiger partial charge on any atom is -0.331 e. The molecule has 2 rings (SSSR count). The molecule has 0 fully saturated rings. The fourth-order valence-corrected chi connectivity index (χ4v) is 2.58. The van der Waals surface area contributed by atoms with Crippen LogP contribution in [0, 0.1) is 6.92 Å². The molecule has 2 aromatic heterocycles. The van der Waals surface area contributed by atoms with Gasteiger partial charge in [-0.2, -0.15) is 13.2 Å². The van der Waals surface area contributed by atoms with Crippen LogP contribution in [0.3, 0.4) is 0 Å². The minimum atomic E-state index is -4.56. The highest BCUT2D eigenvalue weighted by Gasteiger charge is 2.33. The van der Waals surface area contributed by atoms with Crippen molar-refractivity contribution in [1.29, 1.82) is 0 Å². The van der Waals surface area contributed by atoms with Crippen LogP contribution in [-0.2, 0) is 12.7 Å². The van der Waals surface area contributed by atoms with Crippen molar-refractivity contribution in [2.45, 2.75) is 39.0 Å². The molecule has 0 aliphatic rings. The molecule has 1 N–H and O–H groups in total. The molecule has 0 aromatic carbocycles. The SMILES string of the molecule is CCC(c1cccnc1)N(C)C(=O)NCc1nc(C)cc(C(F)(F)F)n1. The van der Waals surface area contributed by atoms with Gasteiger partial charge in [0, 0.05) is 25.1 Å². The highest BCUT2D eigenvalue weighted by molar-refractivity contribution is 5.74. The lowest BCUT2D eigenvalue weighted by molar-refractivity contribution is -0.141.